The molecule has 0 N–H and O–H groups in total. The van der Waals surface area contributed by atoms with Gasteiger partial charge in [-0.3, -0.25) is 0 Å². The van der Waals surface area contributed by atoms with Crippen LogP contribution in [0.4, 0.5) is 0 Å². The average molecular weight is 154 g/mol. The summed E-state index contributed by atoms with van der Waals surface area (Å²) in [5, 5.41) is 0. The topological polar surface area (TPSA) is 17.1 Å². The first-order valence-corrected chi connectivity index (χ1v) is 3.78. The van der Waals surface area contributed by atoms with E-state index in [1.54, 1.807) is 0 Å². The normalized spacial score (nSPS) is 24.1. The van der Waals surface area contributed by atoms with Crippen molar-refractivity contribution in [2.24, 2.45) is 5.92 Å². The highest BCUT2D eigenvalue weighted by atomic mass is 32.1. The van der Waals surface area contributed by atoms with E-state index >= 15 is 0 Å². The summed E-state index contributed by atoms with van der Waals surface area (Å²) in [6.45, 7) is 0. The van der Waals surface area contributed by atoms with E-state index in [4.69, 9.17) is 0 Å². The molecule has 1 atom stereocenters. The maximum Gasteiger partial charge on any atom is 0.120 e. The number of thiol groups is 1. The standard InChI is InChI=1S/C8H10OS/c9-6-5-7-1-3-8(10)4-2-7/h1,3-4,6-7,10H,2,5H2. The number of carbonyl (C=O) groups is 1. The molecule has 0 saturated heterocycles. The second-order valence-electron chi connectivity index (χ2n) is 2.39. The quantitative estimate of drug-likeness (QED) is 0.475. The Bertz CT molecular complexity index is 182. The van der Waals surface area contributed by atoms with Crippen LogP contribution in [0.5, 0.6) is 0 Å². The van der Waals surface area contributed by atoms with Crippen LogP contribution in [-0.2, 0) is 4.79 Å². The van der Waals surface area contributed by atoms with Crippen LogP contribution in [-0.4, -0.2) is 6.29 Å². The van der Waals surface area contributed by atoms with Gasteiger partial charge in [-0.2, -0.15) is 0 Å². The SMILES string of the molecule is O=CCC1C=CC(S)=CC1. The van der Waals surface area contributed by atoms with Gasteiger partial charge in [0, 0.05) is 6.42 Å². The van der Waals surface area contributed by atoms with Crippen molar-refractivity contribution >= 4 is 18.9 Å². The Morgan fingerprint density at radius 1 is 1.80 bits per heavy atom. The van der Waals surface area contributed by atoms with Gasteiger partial charge in [-0.05, 0) is 17.2 Å². The number of aldehydes is 1. The van der Waals surface area contributed by atoms with Crippen molar-refractivity contribution < 1.29 is 4.79 Å². The van der Waals surface area contributed by atoms with Gasteiger partial charge in [-0.15, -0.1) is 12.6 Å². The first kappa shape index (κ1) is 7.61. The highest BCUT2D eigenvalue weighted by Gasteiger charge is 2.05. The molecule has 10 heavy (non-hydrogen) atoms. The van der Waals surface area contributed by atoms with Crippen LogP contribution in [0.1, 0.15) is 12.8 Å². The molecule has 0 fully saturated rings. The smallest absolute Gasteiger partial charge is 0.120 e. The number of hydrogen-bond donors (Lipinski definition) is 1. The lowest BCUT2D eigenvalue weighted by atomic mass is 9.98. The molecule has 1 nitrogen and oxygen atoms in total. The van der Waals surface area contributed by atoms with Crippen LogP contribution in [0.3, 0.4) is 0 Å². The predicted octanol–water partition coefficient (Wildman–Crippen LogP) is 1.97. The zero-order chi connectivity index (χ0) is 7.40. The minimum Gasteiger partial charge on any atom is -0.303 e. The summed E-state index contributed by atoms with van der Waals surface area (Å²) in [6.07, 6.45) is 8.57. The van der Waals surface area contributed by atoms with Crippen molar-refractivity contribution in [3.05, 3.63) is 23.1 Å². The molecule has 1 unspecified atom stereocenters. The zero-order valence-corrected chi connectivity index (χ0v) is 6.55. The van der Waals surface area contributed by atoms with Crippen LogP contribution in [0.2, 0.25) is 0 Å². The fourth-order valence-electron chi connectivity index (χ4n) is 0.952. The first-order valence-electron chi connectivity index (χ1n) is 3.34. The van der Waals surface area contributed by atoms with Crippen LogP contribution >= 0.6 is 12.6 Å². The van der Waals surface area contributed by atoms with Crippen LogP contribution < -0.4 is 0 Å². The van der Waals surface area contributed by atoms with E-state index in [9.17, 15) is 4.79 Å². The molecular weight excluding hydrogens is 144 g/mol. The van der Waals surface area contributed by atoms with Crippen molar-refractivity contribution in [2.75, 3.05) is 0 Å². The lowest BCUT2D eigenvalue weighted by Crippen LogP contribution is -1.98. The highest BCUT2D eigenvalue weighted by Crippen LogP contribution is 2.19. The van der Waals surface area contributed by atoms with Crippen molar-refractivity contribution in [1.29, 1.82) is 0 Å². The van der Waals surface area contributed by atoms with E-state index < -0.39 is 0 Å². The Morgan fingerprint density at radius 2 is 2.60 bits per heavy atom. The maximum atomic E-state index is 10.1. The number of carbonyl (C=O) groups excluding carboxylic acids is 1. The fourth-order valence-corrected chi connectivity index (χ4v) is 1.14. The van der Waals surface area contributed by atoms with E-state index in [0.29, 0.717) is 12.3 Å². The number of rotatable bonds is 2. The fraction of sp³-hybridized carbons (Fsp3) is 0.375. The summed E-state index contributed by atoms with van der Waals surface area (Å²) in [6, 6.07) is 0. The third-order valence-corrected chi connectivity index (χ3v) is 1.90. The zero-order valence-electron chi connectivity index (χ0n) is 5.66. The molecule has 0 aliphatic heterocycles. The largest absolute Gasteiger partial charge is 0.303 e. The Balaban J connectivity index is 2.44. The predicted molar refractivity (Wildman–Crippen MR) is 45.0 cm³/mol. The Labute approximate surface area is 66.2 Å². The average Bonchev–Trinajstić information content (AvgIpc) is 1.95. The first-order chi connectivity index (χ1) is 4.83. The molecule has 54 valence electrons. The molecule has 0 radical (unpaired) electrons. The molecule has 1 rings (SSSR count). The molecule has 0 heterocycles. The maximum absolute atomic E-state index is 10.1. The van der Waals surface area contributed by atoms with E-state index in [-0.39, 0.29) is 0 Å². The van der Waals surface area contributed by atoms with Gasteiger partial charge >= 0.3 is 0 Å². The van der Waals surface area contributed by atoms with Gasteiger partial charge in [0.2, 0.25) is 0 Å². The molecule has 0 bridgehead atoms. The molecule has 0 aromatic carbocycles. The van der Waals surface area contributed by atoms with Gasteiger partial charge in [0.05, 0.1) is 0 Å². The van der Waals surface area contributed by atoms with Gasteiger partial charge in [0.15, 0.2) is 0 Å². The van der Waals surface area contributed by atoms with Gasteiger partial charge in [0.1, 0.15) is 6.29 Å². The van der Waals surface area contributed by atoms with Gasteiger partial charge < -0.3 is 4.79 Å². The number of hydrogen-bond acceptors (Lipinski definition) is 2. The third kappa shape index (κ3) is 2.03. The molecule has 0 aromatic rings. The lowest BCUT2D eigenvalue weighted by Gasteiger charge is -2.09. The molecule has 0 spiro atoms. The van der Waals surface area contributed by atoms with E-state index in [1.807, 2.05) is 18.2 Å². The summed E-state index contributed by atoms with van der Waals surface area (Å²) in [5.74, 6) is 0.411. The molecule has 0 amide bonds. The number of allylic oxidation sites excluding steroid dienone is 3. The van der Waals surface area contributed by atoms with E-state index in [1.165, 1.54) is 0 Å². The summed E-state index contributed by atoms with van der Waals surface area (Å²) >= 11 is 4.16. The molecule has 0 aromatic heterocycles. The van der Waals surface area contributed by atoms with Crippen LogP contribution in [0.15, 0.2) is 23.1 Å². The molecule has 1 aliphatic carbocycles. The minimum atomic E-state index is 0.411. The minimum absolute atomic E-state index is 0.411. The van der Waals surface area contributed by atoms with E-state index in [0.717, 1.165) is 17.6 Å². The van der Waals surface area contributed by atoms with Crippen LogP contribution in [0.25, 0.3) is 0 Å². The van der Waals surface area contributed by atoms with Crippen molar-refractivity contribution in [1.82, 2.24) is 0 Å². The van der Waals surface area contributed by atoms with Gasteiger partial charge in [0.25, 0.3) is 0 Å². The highest BCUT2D eigenvalue weighted by molar-refractivity contribution is 7.84. The summed E-state index contributed by atoms with van der Waals surface area (Å²) in [4.78, 5) is 11.1. The van der Waals surface area contributed by atoms with Crippen molar-refractivity contribution in [2.45, 2.75) is 12.8 Å². The second-order valence-corrected chi connectivity index (χ2v) is 2.90. The van der Waals surface area contributed by atoms with Crippen molar-refractivity contribution in [3.63, 3.8) is 0 Å². The van der Waals surface area contributed by atoms with Crippen LogP contribution in [0, 0.1) is 5.92 Å². The summed E-state index contributed by atoms with van der Waals surface area (Å²) < 4.78 is 0. The summed E-state index contributed by atoms with van der Waals surface area (Å²) in [5.41, 5.74) is 0. The van der Waals surface area contributed by atoms with Gasteiger partial charge in [-0.25, -0.2) is 0 Å². The molecule has 1 aliphatic rings. The Kier molecular flexibility index (Phi) is 2.75. The summed E-state index contributed by atoms with van der Waals surface area (Å²) in [7, 11) is 0. The molecule has 0 saturated carbocycles. The lowest BCUT2D eigenvalue weighted by molar-refractivity contribution is -0.108. The monoisotopic (exact) mass is 154 g/mol. The van der Waals surface area contributed by atoms with Gasteiger partial charge in [-0.1, -0.05) is 18.2 Å². The second kappa shape index (κ2) is 3.62. The Morgan fingerprint density at radius 3 is 3.10 bits per heavy atom. The Hall–Kier alpha value is -0.500. The third-order valence-electron chi connectivity index (χ3n) is 1.57. The van der Waals surface area contributed by atoms with Crippen molar-refractivity contribution in [3.8, 4) is 0 Å². The molecule has 2 heteroatoms. The molecular formula is C8H10OS. The van der Waals surface area contributed by atoms with E-state index in [2.05, 4.69) is 12.6 Å².